The lowest BCUT2D eigenvalue weighted by Crippen LogP contribution is -2.46. The van der Waals surface area contributed by atoms with Crippen LogP contribution in [0.25, 0.3) is 11.3 Å². The maximum atomic E-state index is 12.6. The van der Waals surface area contributed by atoms with Gasteiger partial charge in [0.25, 0.3) is 5.91 Å². The Labute approximate surface area is 143 Å². The highest BCUT2D eigenvalue weighted by Gasteiger charge is 2.27. The maximum absolute atomic E-state index is 12.6. The molecule has 3 rings (SSSR count). The highest BCUT2D eigenvalue weighted by Crippen LogP contribution is 2.26. The summed E-state index contributed by atoms with van der Waals surface area (Å²) in [6.45, 7) is 0.968. The fraction of sp³-hybridized carbons (Fsp3) is 0.312. The molecule has 24 heavy (non-hydrogen) atoms. The van der Waals surface area contributed by atoms with Crippen molar-refractivity contribution in [3.63, 3.8) is 0 Å². The monoisotopic (exact) mass is 349 g/mol. The summed E-state index contributed by atoms with van der Waals surface area (Å²) >= 11 is 6.14. The molecule has 1 unspecified atom stereocenters. The van der Waals surface area contributed by atoms with Gasteiger partial charge in [-0.2, -0.15) is 5.10 Å². The Morgan fingerprint density at radius 3 is 2.96 bits per heavy atom. The second-order valence-electron chi connectivity index (χ2n) is 5.49. The molecule has 1 amide bonds. The number of nitrogens with one attached hydrogen (secondary N) is 1. The van der Waals surface area contributed by atoms with E-state index in [0.717, 1.165) is 5.56 Å². The third-order valence-corrected chi connectivity index (χ3v) is 4.12. The number of aliphatic carboxylic acids is 1. The molecular weight excluding hydrogens is 334 g/mol. The molecule has 2 aromatic rings. The zero-order valence-electron chi connectivity index (χ0n) is 12.7. The fourth-order valence-electron chi connectivity index (χ4n) is 2.63. The van der Waals surface area contributed by atoms with E-state index in [2.05, 4.69) is 10.2 Å². The molecule has 2 heterocycles. The number of nitrogens with zero attached hydrogens (tertiary/aromatic N) is 2. The number of carboxylic acid groups (broad SMARTS) is 1. The molecule has 1 aromatic carbocycles. The molecule has 126 valence electrons. The van der Waals surface area contributed by atoms with Gasteiger partial charge in [-0.1, -0.05) is 29.8 Å². The van der Waals surface area contributed by atoms with Gasteiger partial charge in [-0.05, 0) is 12.1 Å². The zero-order valence-corrected chi connectivity index (χ0v) is 13.5. The molecule has 1 aliphatic rings. The molecule has 1 aromatic heterocycles. The van der Waals surface area contributed by atoms with Crippen LogP contribution >= 0.6 is 11.6 Å². The fourth-order valence-corrected chi connectivity index (χ4v) is 2.86. The van der Waals surface area contributed by atoms with Gasteiger partial charge in [0.1, 0.15) is 5.69 Å². The first kappa shape index (κ1) is 16.5. The van der Waals surface area contributed by atoms with Crippen LogP contribution in [0, 0.1) is 0 Å². The number of benzene rings is 1. The Bertz CT molecular complexity index is 761. The Morgan fingerprint density at radius 1 is 1.42 bits per heavy atom. The van der Waals surface area contributed by atoms with Crippen molar-refractivity contribution in [3.8, 4) is 11.3 Å². The van der Waals surface area contributed by atoms with Crippen molar-refractivity contribution in [1.82, 2.24) is 15.1 Å². The van der Waals surface area contributed by atoms with Crippen LogP contribution in [0.5, 0.6) is 0 Å². The molecule has 2 N–H and O–H groups in total. The summed E-state index contributed by atoms with van der Waals surface area (Å²) in [6.07, 6.45) is -0.622. The van der Waals surface area contributed by atoms with E-state index in [1.54, 1.807) is 17.0 Å². The number of carbonyl (C=O) groups excluding carboxylic acids is 1. The van der Waals surface area contributed by atoms with Crippen molar-refractivity contribution >= 4 is 23.5 Å². The number of morpholine rings is 1. The molecule has 1 atom stereocenters. The van der Waals surface area contributed by atoms with E-state index in [9.17, 15) is 9.59 Å². The van der Waals surface area contributed by atoms with Crippen molar-refractivity contribution in [3.05, 3.63) is 41.0 Å². The summed E-state index contributed by atoms with van der Waals surface area (Å²) in [4.78, 5) is 24.9. The minimum atomic E-state index is -0.947. The Kier molecular flexibility index (Phi) is 4.82. The average Bonchev–Trinajstić information content (AvgIpc) is 3.04. The van der Waals surface area contributed by atoms with E-state index in [4.69, 9.17) is 21.4 Å². The highest BCUT2D eigenvalue weighted by molar-refractivity contribution is 6.33. The predicted molar refractivity (Wildman–Crippen MR) is 86.9 cm³/mol. The van der Waals surface area contributed by atoms with Gasteiger partial charge in [0.2, 0.25) is 0 Å². The summed E-state index contributed by atoms with van der Waals surface area (Å²) in [5, 5.41) is 16.3. The van der Waals surface area contributed by atoms with Crippen molar-refractivity contribution in [2.45, 2.75) is 12.5 Å². The molecule has 0 bridgehead atoms. The van der Waals surface area contributed by atoms with Crippen molar-refractivity contribution in [2.24, 2.45) is 0 Å². The van der Waals surface area contributed by atoms with Gasteiger partial charge < -0.3 is 14.7 Å². The SMILES string of the molecule is O=C(O)CC1CN(C(=O)c2cc(-c3ccccc3Cl)n[nH]2)CCO1. The van der Waals surface area contributed by atoms with Crippen LogP contribution in [0.15, 0.2) is 30.3 Å². The van der Waals surface area contributed by atoms with Crippen molar-refractivity contribution < 1.29 is 19.4 Å². The Hall–Kier alpha value is -2.38. The number of hydrogen-bond acceptors (Lipinski definition) is 4. The summed E-state index contributed by atoms with van der Waals surface area (Å²) < 4.78 is 5.38. The van der Waals surface area contributed by atoms with E-state index in [-0.39, 0.29) is 18.9 Å². The zero-order chi connectivity index (χ0) is 17.1. The van der Waals surface area contributed by atoms with Crippen molar-refractivity contribution in [1.29, 1.82) is 0 Å². The van der Waals surface area contributed by atoms with Gasteiger partial charge in [0.15, 0.2) is 0 Å². The van der Waals surface area contributed by atoms with Gasteiger partial charge in [0, 0.05) is 18.7 Å². The molecule has 0 saturated carbocycles. The lowest BCUT2D eigenvalue weighted by molar-refractivity contribution is -0.141. The number of rotatable bonds is 4. The first-order chi connectivity index (χ1) is 11.5. The van der Waals surface area contributed by atoms with Gasteiger partial charge in [-0.15, -0.1) is 0 Å². The number of aromatic nitrogens is 2. The summed E-state index contributed by atoms with van der Waals surface area (Å²) in [6, 6.07) is 8.89. The lowest BCUT2D eigenvalue weighted by atomic mass is 10.1. The van der Waals surface area contributed by atoms with Crippen LogP contribution < -0.4 is 0 Å². The second-order valence-corrected chi connectivity index (χ2v) is 5.90. The van der Waals surface area contributed by atoms with Crippen LogP contribution in [0.2, 0.25) is 5.02 Å². The molecular formula is C16H16ClN3O4. The third kappa shape index (κ3) is 3.58. The highest BCUT2D eigenvalue weighted by atomic mass is 35.5. The second kappa shape index (κ2) is 7.02. The minimum absolute atomic E-state index is 0.127. The maximum Gasteiger partial charge on any atom is 0.306 e. The molecule has 1 aliphatic heterocycles. The minimum Gasteiger partial charge on any atom is -0.481 e. The van der Waals surface area contributed by atoms with Crippen molar-refractivity contribution in [2.75, 3.05) is 19.7 Å². The van der Waals surface area contributed by atoms with Crippen LogP contribution in [0.3, 0.4) is 0 Å². The smallest absolute Gasteiger partial charge is 0.306 e. The topological polar surface area (TPSA) is 95.5 Å². The molecule has 8 heteroatoms. The normalized spacial score (nSPS) is 17.7. The first-order valence-electron chi connectivity index (χ1n) is 7.47. The van der Waals surface area contributed by atoms with Crippen LogP contribution in [-0.4, -0.2) is 57.9 Å². The number of carboxylic acids is 1. The molecule has 1 saturated heterocycles. The first-order valence-corrected chi connectivity index (χ1v) is 7.85. The number of H-pyrrole nitrogens is 1. The van der Waals surface area contributed by atoms with E-state index < -0.39 is 12.1 Å². The van der Waals surface area contributed by atoms with Crippen LogP contribution in [0.4, 0.5) is 0 Å². The Balaban J connectivity index is 1.74. The third-order valence-electron chi connectivity index (χ3n) is 3.79. The number of aromatic amines is 1. The Morgan fingerprint density at radius 2 is 2.21 bits per heavy atom. The van der Waals surface area contributed by atoms with Crippen LogP contribution in [-0.2, 0) is 9.53 Å². The van der Waals surface area contributed by atoms with E-state index in [0.29, 0.717) is 29.6 Å². The molecule has 7 nitrogen and oxygen atoms in total. The number of ether oxygens (including phenoxy) is 1. The van der Waals surface area contributed by atoms with E-state index >= 15 is 0 Å². The van der Waals surface area contributed by atoms with Gasteiger partial charge in [-0.3, -0.25) is 14.7 Å². The average molecular weight is 350 g/mol. The predicted octanol–water partition coefficient (Wildman–Crippen LogP) is 2.05. The standard InChI is InChI=1S/C16H16ClN3O4/c17-12-4-2-1-3-11(12)13-8-14(19-18-13)16(23)20-5-6-24-10(9-20)7-15(21)22/h1-4,8,10H,5-7,9H2,(H,18,19)(H,21,22). The quantitative estimate of drug-likeness (QED) is 0.880. The molecule has 0 spiro atoms. The van der Waals surface area contributed by atoms with E-state index in [1.807, 2.05) is 18.2 Å². The summed E-state index contributed by atoms with van der Waals surface area (Å²) in [5.74, 6) is -1.18. The number of halogens is 1. The lowest BCUT2D eigenvalue weighted by Gasteiger charge is -2.31. The largest absolute Gasteiger partial charge is 0.481 e. The number of amides is 1. The van der Waals surface area contributed by atoms with E-state index in [1.165, 1.54) is 0 Å². The summed E-state index contributed by atoms with van der Waals surface area (Å²) in [5.41, 5.74) is 1.65. The number of hydrogen-bond donors (Lipinski definition) is 2. The van der Waals surface area contributed by atoms with Crippen LogP contribution in [0.1, 0.15) is 16.9 Å². The molecule has 1 fully saturated rings. The van der Waals surface area contributed by atoms with Gasteiger partial charge >= 0.3 is 5.97 Å². The molecule has 0 aliphatic carbocycles. The van der Waals surface area contributed by atoms with Gasteiger partial charge in [-0.25, -0.2) is 0 Å². The summed E-state index contributed by atoms with van der Waals surface area (Å²) in [7, 11) is 0. The van der Waals surface area contributed by atoms with Gasteiger partial charge in [0.05, 0.1) is 29.8 Å². The molecule has 0 radical (unpaired) electrons. The number of carbonyl (C=O) groups is 2.